The first-order valence-corrected chi connectivity index (χ1v) is 6.08. The molecule has 0 aliphatic heterocycles. The van der Waals surface area contributed by atoms with Gasteiger partial charge < -0.3 is 15.0 Å². The lowest BCUT2D eigenvalue weighted by atomic mass is 10.2. The molecule has 0 saturated carbocycles. The molecule has 0 spiro atoms. The van der Waals surface area contributed by atoms with Crippen LogP contribution in [0.4, 0.5) is 0 Å². The zero-order chi connectivity index (χ0) is 13.1. The Kier molecular flexibility index (Phi) is 3.67. The summed E-state index contributed by atoms with van der Waals surface area (Å²) in [6, 6.07) is 7.91. The maximum absolute atomic E-state index is 11.8. The normalized spacial score (nSPS) is 11.1. The molecule has 1 aromatic carbocycles. The van der Waals surface area contributed by atoms with Crippen LogP contribution in [0.25, 0.3) is 10.9 Å². The number of nitrogens with zero attached hydrogens (tertiary/aromatic N) is 1. The maximum Gasteiger partial charge on any atom is 0.240 e. The highest BCUT2D eigenvalue weighted by atomic mass is 16.3. The summed E-state index contributed by atoms with van der Waals surface area (Å²) in [4.78, 5) is 11.8. The number of aliphatic hydroxyl groups excluding tert-OH is 1. The molecular formula is C14H18N2O2. The van der Waals surface area contributed by atoms with E-state index in [-0.39, 0.29) is 25.1 Å². The molecule has 0 radical (unpaired) electrons. The third-order valence-electron chi connectivity index (χ3n) is 2.81. The number of fused-ring (bicyclic) bond motifs is 1. The first-order chi connectivity index (χ1) is 8.61. The van der Waals surface area contributed by atoms with E-state index in [4.69, 9.17) is 0 Å². The minimum absolute atomic E-state index is 0.0146. The standard InChI is InChI=1S/C14H18N2O2/c1-10(2)15-14(18)8-16-7-11(9-17)12-5-3-4-6-13(12)16/h3-7,10,17H,8-9H2,1-2H3,(H,15,18). The number of rotatable bonds is 4. The molecule has 2 aromatic rings. The number of aliphatic hydroxyl groups is 1. The average molecular weight is 246 g/mol. The minimum Gasteiger partial charge on any atom is -0.392 e. The van der Waals surface area contributed by atoms with Gasteiger partial charge in [0, 0.05) is 28.7 Å². The second-order valence-corrected chi connectivity index (χ2v) is 4.68. The van der Waals surface area contributed by atoms with Crippen molar-refractivity contribution in [3.05, 3.63) is 36.0 Å². The molecule has 0 unspecified atom stereocenters. The Morgan fingerprint density at radius 2 is 2.11 bits per heavy atom. The fourth-order valence-electron chi connectivity index (χ4n) is 2.10. The summed E-state index contributed by atoms with van der Waals surface area (Å²) in [6.45, 7) is 4.13. The Morgan fingerprint density at radius 1 is 1.39 bits per heavy atom. The average Bonchev–Trinajstić information content (AvgIpc) is 2.67. The van der Waals surface area contributed by atoms with Crippen LogP contribution in [0.15, 0.2) is 30.5 Å². The third kappa shape index (κ3) is 2.54. The summed E-state index contributed by atoms with van der Waals surface area (Å²) in [5, 5.41) is 13.2. The minimum atomic E-state index is -0.0183. The van der Waals surface area contributed by atoms with Gasteiger partial charge in [0.15, 0.2) is 0 Å². The molecule has 2 N–H and O–H groups in total. The van der Waals surface area contributed by atoms with Gasteiger partial charge in [0.05, 0.1) is 6.61 Å². The molecule has 1 heterocycles. The van der Waals surface area contributed by atoms with Crippen molar-refractivity contribution < 1.29 is 9.90 Å². The van der Waals surface area contributed by atoms with Gasteiger partial charge in [-0.3, -0.25) is 4.79 Å². The van der Waals surface area contributed by atoms with Crippen LogP contribution in [-0.2, 0) is 17.9 Å². The lowest BCUT2D eigenvalue weighted by molar-refractivity contribution is -0.122. The molecule has 0 aliphatic rings. The number of benzene rings is 1. The van der Waals surface area contributed by atoms with E-state index in [9.17, 15) is 9.90 Å². The summed E-state index contributed by atoms with van der Waals surface area (Å²) in [7, 11) is 0. The Balaban J connectivity index is 2.31. The van der Waals surface area contributed by atoms with Crippen molar-refractivity contribution in [1.82, 2.24) is 9.88 Å². The summed E-state index contributed by atoms with van der Waals surface area (Å²) in [6.07, 6.45) is 1.84. The number of nitrogens with one attached hydrogen (secondary N) is 1. The van der Waals surface area contributed by atoms with Crippen molar-refractivity contribution in [2.24, 2.45) is 0 Å². The first kappa shape index (κ1) is 12.6. The van der Waals surface area contributed by atoms with Gasteiger partial charge in [-0.15, -0.1) is 0 Å². The quantitative estimate of drug-likeness (QED) is 0.862. The van der Waals surface area contributed by atoms with E-state index in [2.05, 4.69) is 5.32 Å². The molecular weight excluding hydrogens is 228 g/mol. The highest BCUT2D eigenvalue weighted by Crippen LogP contribution is 2.21. The van der Waals surface area contributed by atoms with Gasteiger partial charge >= 0.3 is 0 Å². The molecule has 0 aliphatic carbocycles. The second kappa shape index (κ2) is 5.23. The van der Waals surface area contributed by atoms with Crippen LogP contribution in [0, 0.1) is 0 Å². The monoisotopic (exact) mass is 246 g/mol. The van der Waals surface area contributed by atoms with Crippen LogP contribution in [0.3, 0.4) is 0 Å². The summed E-state index contributed by atoms with van der Waals surface area (Å²) < 4.78 is 1.87. The summed E-state index contributed by atoms with van der Waals surface area (Å²) >= 11 is 0. The molecule has 96 valence electrons. The zero-order valence-electron chi connectivity index (χ0n) is 10.7. The second-order valence-electron chi connectivity index (χ2n) is 4.68. The predicted octanol–water partition coefficient (Wildman–Crippen LogP) is 1.66. The number of carbonyl (C=O) groups is 1. The number of hydrogen-bond donors (Lipinski definition) is 2. The topological polar surface area (TPSA) is 54.3 Å². The summed E-state index contributed by atoms with van der Waals surface area (Å²) in [5.41, 5.74) is 1.82. The SMILES string of the molecule is CC(C)NC(=O)Cn1cc(CO)c2ccccc21. The Morgan fingerprint density at radius 3 is 2.78 bits per heavy atom. The van der Waals surface area contributed by atoms with Crippen LogP contribution in [0.2, 0.25) is 0 Å². The molecule has 4 heteroatoms. The maximum atomic E-state index is 11.8. The highest BCUT2D eigenvalue weighted by Gasteiger charge is 2.10. The van der Waals surface area contributed by atoms with Gasteiger partial charge in [0.25, 0.3) is 0 Å². The smallest absolute Gasteiger partial charge is 0.240 e. The Bertz CT molecular complexity index is 558. The van der Waals surface area contributed by atoms with Gasteiger partial charge in [-0.2, -0.15) is 0 Å². The van der Waals surface area contributed by atoms with Gasteiger partial charge in [0.2, 0.25) is 5.91 Å². The van der Waals surface area contributed by atoms with E-state index in [1.54, 1.807) is 0 Å². The lowest BCUT2D eigenvalue weighted by Crippen LogP contribution is -2.32. The van der Waals surface area contributed by atoms with Crippen molar-refractivity contribution in [3.63, 3.8) is 0 Å². The van der Waals surface area contributed by atoms with E-state index in [0.29, 0.717) is 0 Å². The van der Waals surface area contributed by atoms with Crippen molar-refractivity contribution >= 4 is 16.8 Å². The first-order valence-electron chi connectivity index (χ1n) is 6.08. The van der Waals surface area contributed by atoms with Crippen molar-refractivity contribution in [2.75, 3.05) is 0 Å². The van der Waals surface area contributed by atoms with E-state index in [0.717, 1.165) is 16.5 Å². The van der Waals surface area contributed by atoms with Gasteiger partial charge in [0.1, 0.15) is 6.54 Å². The van der Waals surface area contributed by atoms with E-state index in [1.165, 1.54) is 0 Å². The Labute approximate surface area is 106 Å². The molecule has 1 aromatic heterocycles. The van der Waals surface area contributed by atoms with Crippen molar-refractivity contribution in [2.45, 2.75) is 33.0 Å². The van der Waals surface area contributed by atoms with Crippen LogP contribution in [0.1, 0.15) is 19.4 Å². The van der Waals surface area contributed by atoms with Crippen molar-refractivity contribution in [1.29, 1.82) is 0 Å². The van der Waals surface area contributed by atoms with E-state index < -0.39 is 0 Å². The van der Waals surface area contributed by atoms with Crippen LogP contribution < -0.4 is 5.32 Å². The molecule has 0 fully saturated rings. The molecule has 1 amide bonds. The third-order valence-corrected chi connectivity index (χ3v) is 2.81. The van der Waals surface area contributed by atoms with E-state index in [1.807, 2.05) is 48.9 Å². The van der Waals surface area contributed by atoms with Gasteiger partial charge in [-0.1, -0.05) is 18.2 Å². The molecule has 0 atom stereocenters. The zero-order valence-corrected chi connectivity index (χ0v) is 10.7. The number of amides is 1. The van der Waals surface area contributed by atoms with E-state index >= 15 is 0 Å². The molecule has 2 rings (SSSR count). The van der Waals surface area contributed by atoms with Gasteiger partial charge in [-0.05, 0) is 19.9 Å². The number of hydrogen-bond acceptors (Lipinski definition) is 2. The highest BCUT2D eigenvalue weighted by molar-refractivity contribution is 5.86. The predicted molar refractivity (Wildman–Crippen MR) is 71.1 cm³/mol. The molecule has 4 nitrogen and oxygen atoms in total. The van der Waals surface area contributed by atoms with Crippen LogP contribution in [-0.4, -0.2) is 21.6 Å². The Hall–Kier alpha value is -1.81. The number of carbonyl (C=O) groups excluding carboxylic acids is 1. The molecule has 0 bridgehead atoms. The van der Waals surface area contributed by atoms with Crippen LogP contribution in [0.5, 0.6) is 0 Å². The molecule has 0 saturated heterocycles. The van der Waals surface area contributed by atoms with Gasteiger partial charge in [-0.25, -0.2) is 0 Å². The largest absolute Gasteiger partial charge is 0.392 e. The van der Waals surface area contributed by atoms with Crippen LogP contribution >= 0.6 is 0 Å². The number of para-hydroxylation sites is 1. The van der Waals surface area contributed by atoms with Crippen molar-refractivity contribution in [3.8, 4) is 0 Å². The molecule has 18 heavy (non-hydrogen) atoms. The summed E-state index contributed by atoms with van der Waals surface area (Å²) in [5.74, 6) is -0.0183. The fourth-order valence-corrected chi connectivity index (χ4v) is 2.10. The lowest BCUT2D eigenvalue weighted by Gasteiger charge is -2.09. The fraction of sp³-hybridized carbons (Fsp3) is 0.357. The number of aromatic nitrogens is 1.